The third-order valence-electron chi connectivity index (χ3n) is 3.63. The van der Waals surface area contributed by atoms with Crippen molar-refractivity contribution < 1.29 is 9.59 Å². The van der Waals surface area contributed by atoms with Crippen molar-refractivity contribution in [1.82, 2.24) is 10.6 Å². The molecule has 2 aromatic rings. The molecule has 24 heavy (non-hydrogen) atoms. The summed E-state index contributed by atoms with van der Waals surface area (Å²) in [7, 11) is 1.61. The van der Waals surface area contributed by atoms with E-state index < -0.39 is 0 Å². The molecule has 0 aliphatic rings. The number of nitrogens with one attached hydrogen (secondary N) is 3. The summed E-state index contributed by atoms with van der Waals surface area (Å²) >= 11 is 0. The first kappa shape index (κ1) is 17.5. The molecule has 0 radical (unpaired) electrons. The van der Waals surface area contributed by atoms with Gasteiger partial charge in [0.05, 0.1) is 6.42 Å². The number of hydrogen-bond acceptors (Lipinski definition) is 2. The number of likely N-dealkylation sites (N-methyl/N-ethyl adjacent to an activating group) is 1. The van der Waals surface area contributed by atoms with Crippen molar-refractivity contribution in [3.8, 4) is 0 Å². The van der Waals surface area contributed by atoms with E-state index in [-0.39, 0.29) is 11.9 Å². The number of hydrogen-bond donors (Lipinski definition) is 3. The number of anilines is 1. The summed E-state index contributed by atoms with van der Waals surface area (Å²) in [5, 5.41) is 8.21. The Hall–Kier alpha value is -2.82. The zero-order chi connectivity index (χ0) is 17.2. The molecule has 5 nitrogen and oxygen atoms in total. The van der Waals surface area contributed by atoms with E-state index in [1.54, 1.807) is 19.2 Å². The molecule has 0 aliphatic carbocycles. The fourth-order valence-electron chi connectivity index (χ4n) is 2.29. The van der Waals surface area contributed by atoms with E-state index in [4.69, 9.17) is 0 Å². The topological polar surface area (TPSA) is 70.2 Å². The van der Waals surface area contributed by atoms with Crippen molar-refractivity contribution in [1.29, 1.82) is 0 Å². The van der Waals surface area contributed by atoms with Crippen LogP contribution in [0.25, 0.3) is 0 Å². The van der Waals surface area contributed by atoms with Crippen LogP contribution in [-0.2, 0) is 17.6 Å². The first-order valence-electron chi connectivity index (χ1n) is 8.05. The lowest BCUT2D eigenvalue weighted by Gasteiger charge is -2.08. The van der Waals surface area contributed by atoms with Gasteiger partial charge < -0.3 is 16.0 Å². The number of urea groups is 1. The molecule has 0 aliphatic heterocycles. The van der Waals surface area contributed by atoms with Crippen molar-refractivity contribution >= 4 is 17.6 Å². The Morgan fingerprint density at radius 2 is 1.62 bits per heavy atom. The summed E-state index contributed by atoms with van der Waals surface area (Å²) in [5.41, 5.74) is 2.88. The zero-order valence-electron chi connectivity index (χ0n) is 13.8. The van der Waals surface area contributed by atoms with Crippen LogP contribution in [0.4, 0.5) is 10.5 Å². The summed E-state index contributed by atoms with van der Waals surface area (Å²) in [4.78, 5) is 23.1. The van der Waals surface area contributed by atoms with Crippen LogP contribution in [0.5, 0.6) is 0 Å². The molecule has 126 valence electrons. The van der Waals surface area contributed by atoms with Crippen LogP contribution in [0.2, 0.25) is 0 Å². The van der Waals surface area contributed by atoms with Gasteiger partial charge in [0.25, 0.3) is 0 Å². The van der Waals surface area contributed by atoms with Crippen LogP contribution in [0.15, 0.2) is 54.6 Å². The first-order chi connectivity index (χ1) is 11.7. The molecular formula is C19H23N3O2. The highest BCUT2D eigenvalue weighted by Gasteiger charge is 2.03. The number of rotatable bonds is 7. The average molecular weight is 325 g/mol. The number of aryl methyl sites for hydroxylation is 1. The quantitative estimate of drug-likeness (QED) is 0.685. The van der Waals surface area contributed by atoms with Crippen molar-refractivity contribution in [3.05, 3.63) is 65.7 Å². The molecule has 0 saturated carbocycles. The zero-order valence-corrected chi connectivity index (χ0v) is 13.8. The Morgan fingerprint density at radius 1 is 0.917 bits per heavy atom. The Balaban J connectivity index is 1.69. The Bertz CT molecular complexity index is 654. The van der Waals surface area contributed by atoms with Crippen LogP contribution < -0.4 is 16.0 Å². The van der Waals surface area contributed by atoms with Gasteiger partial charge in [-0.1, -0.05) is 42.5 Å². The molecule has 2 aromatic carbocycles. The molecule has 0 saturated heterocycles. The minimum Gasteiger partial charge on any atom is -0.359 e. The van der Waals surface area contributed by atoms with Gasteiger partial charge in [0.1, 0.15) is 0 Å². The Labute approximate surface area is 142 Å². The summed E-state index contributed by atoms with van der Waals surface area (Å²) in [5.74, 6) is -0.0353. The van der Waals surface area contributed by atoms with E-state index >= 15 is 0 Å². The number of benzene rings is 2. The van der Waals surface area contributed by atoms with Crippen molar-refractivity contribution in [3.63, 3.8) is 0 Å². The SMILES string of the molecule is CNC(=O)Cc1ccc(NC(=O)NCCCc2ccccc2)cc1. The standard InChI is InChI=1S/C19H23N3O2/c1-20-18(23)14-16-9-11-17(12-10-16)22-19(24)21-13-5-8-15-6-3-2-4-7-15/h2-4,6-7,9-12H,5,8,13-14H2,1H3,(H,20,23)(H2,21,22,24). The van der Waals surface area contributed by atoms with Gasteiger partial charge in [-0.25, -0.2) is 4.79 Å². The summed E-state index contributed by atoms with van der Waals surface area (Å²) in [6.45, 7) is 0.621. The monoisotopic (exact) mass is 325 g/mol. The first-order valence-corrected chi connectivity index (χ1v) is 8.05. The van der Waals surface area contributed by atoms with Gasteiger partial charge in [-0.3, -0.25) is 4.79 Å². The number of amides is 3. The smallest absolute Gasteiger partial charge is 0.319 e. The van der Waals surface area contributed by atoms with Gasteiger partial charge in [0, 0.05) is 19.3 Å². The summed E-state index contributed by atoms with van der Waals surface area (Å²) in [6, 6.07) is 17.2. The van der Waals surface area contributed by atoms with Gasteiger partial charge in [-0.05, 0) is 36.1 Å². The van der Waals surface area contributed by atoms with Gasteiger partial charge in [0.15, 0.2) is 0 Å². The fourth-order valence-corrected chi connectivity index (χ4v) is 2.29. The van der Waals surface area contributed by atoms with Gasteiger partial charge in [-0.15, -0.1) is 0 Å². The minimum absolute atomic E-state index is 0.0353. The second-order valence-corrected chi connectivity index (χ2v) is 5.52. The van der Waals surface area contributed by atoms with Crippen LogP contribution in [0.3, 0.4) is 0 Å². The molecule has 5 heteroatoms. The second-order valence-electron chi connectivity index (χ2n) is 5.52. The summed E-state index contributed by atoms with van der Waals surface area (Å²) in [6.07, 6.45) is 2.17. The highest BCUT2D eigenvalue weighted by molar-refractivity contribution is 5.89. The van der Waals surface area contributed by atoms with Crippen LogP contribution in [-0.4, -0.2) is 25.5 Å². The molecule has 0 fully saturated rings. The van der Waals surface area contributed by atoms with Crippen molar-refractivity contribution in [2.45, 2.75) is 19.3 Å². The minimum atomic E-state index is -0.220. The van der Waals surface area contributed by atoms with Crippen molar-refractivity contribution in [2.75, 3.05) is 18.9 Å². The second kappa shape index (κ2) is 9.35. The lowest BCUT2D eigenvalue weighted by molar-refractivity contribution is -0.119. The van der Waals surface area contributed by atoms with Crippen LogP contribution in [0, 0.1) is 0 Å². The summed E-state index contributed by atoms with van der Waals surface area (Å²) < 4.78 is 0. The van der Waals surface area contributed by atoms with Gasteiger partial charge >= 0.3 is 6.03 Å². The normalized spacial score (nSPS) is 10.0. The fraction of sp³-hybridized carbons (Fsp3) is 0.263. The van der Waals surface area contributed by atoms with Gasteiger partial charge in [-0.2, -0.15) is 0 Å². The van der Waals surface area contributed by atoms with E-state index in [1.807, 2.05) is 30.3 Å². The Morgan fingerprint density at radius 3 is 2.29 bits per heavy atom. The predicted molar refractivity (Wildman–Crippen MR) is 96.0 cm³/mol. The predicted octanol–water partition coefficient (Wildman–Crippen LogP) is 2.73. The highest BCUT2D eigenvalue weighted by Crippen LogP contribution is 2.10. The molecule has 0 bridgehead atoms. The average Bonchev–Trinajstić information content (AvgIpc) is 2.61. The van der Waals surface area contributed by atoms with E-state index in [2.05, 4.69) is 28.1 Å². The maximum atomic E-state index is 11.8. The molecule has 0 atom stereocenters. The largest absolute Gasteiger partial charge is 0.359 e. The Kier molecular flexibility index (Phi) is 6.83. The van der Waals surface area contributed by atoms with E-state index in [1.165, 1.54) is 5.56 Å². The molecule has 0 unspecified atom stereocenters. The molecular weight excluding hydrogens is 302 g/mol. The number of carbonyl (C=O) groups is 2. The van der Waals surface area contributed by atoms with Crippen LogP contribution >= 0.6 is 0 Å². The maximum Gasteiger partial charge on any atom is 0.319 e. The van der Waals surface area contributed by atoms with E-state index in [0.29, 0.717) is 18.7 Å². The van der Waals surface area contributed by atoms with Gasteiger partial charge in [0.2, 0.25) is 5.91 Å². The lowest BCUT2D eigenvalue weighted by atomic mass is 10.1. The molecule has 3 amide bonds. The van der Waals surface area contributed by atoms with Crippen molar-refractivity contribution in [2.24, 2.45) is 0 Å². The number of carbonyl (C=O) groups excluding carboxylic acids is 2. The van der Waals surface area contributed by atoms with E-state index in [9.17, 15) is 9.59 Å². The molecule has 0 spiro atoms. The lowest BCUT2D eigenvalue weighted by Crippen LogP contribution is -2.29. The van der Waals surface area contributed by atoms with Crippen LogP contribution in [0.1, 0.15) is 17.5 Å². The maximum absolute atomic E-state index is 11.8. The third kappa shape index (κ3) is 6.12. The molecule has 2 rings (SSSR count). The third-order valence-corrected chi connectivity index (χ3v) is 3.63. The molecule has 0 aromatic heterocycles. The molecule has 3 N–H and O–H groups in total. The van der Waals surface area contributed by atoms with E-state index in [0.717, 1.165) is 18.4 Å². The molecule has 0 heterocycles. The highest BCUT2D eigenvalue weighted by atomic mass is 16.2.